The molecule has 1 fully saturated rings. The lowest BCUT2D eigenvalue weighted by atomic mass is 9.85. The summed E-state index contributed by atoms with van der Waals surface area (Å²) in [6.45, 7) is 12.7. The van der Waals surface area contributed by atoms with Gasteiger partial charge in [0.1, 0.15) is 24.3 Å². The first-order chi connectivity index (χ1) is 28.2. The summed E-state index contributed by atoms with van der Waals surface area (Å²) in [5, 5.41) is 19.0. The molecule has 14 nitrogen and oxygen atoms in total. The number of nitrogens with one attached hydrogen (secondary N) is 3. The largest absolute Gasteiger partial charge is 0.488 e. The molecule has 4 rings (SSSR count). The minimum atomic E-state index is -0.945. The van der Waals surface area contributed by atoms with Crippen LogP contribution in [-0.2, 0) is 36.9 Å². The first-order valence-corrected chi connectivity index (χ1v) is 21.3. The maximum atomic E-state index is 15.5. The van der Waals surface area contributed by atoms with Crippen molar-refractivity contribution in [3.63, 3.8) is 0 Å². The van der Waals surface area contributed by atoms with Crippen molar-refractivity contribution in [2.45, 2.75) is 136 Å². The normalized spacial score (nSPS) is 16.4. The van der Waals surface area contributed by atoms with Crippen LogP contribution < -0.4 is 26.4 Å². The highest BCUT2D eigenvalue weighted by atomic mass is 32.1. The van der Waals surface area contributed by atoms with E-state index < -0.39 is 59.0 Å². The average molecular weight is 853 g/mol. The van der Waals surface area contributed by atoms with E-state index in [2.05, 4.69) is 20.9 Å². The molecule has 1 saturated heterocycles. The number of likely N-dealkylation sites (tertiary alicyclic amines) is 1. The molecular formula is C44H61FN6O8S. The van der Waals surface area contributed by atoms with Gasteiger partial charge in [0.15, 0.2) is 11.6 Å². The number of aromatic nitrogens is 1. The van der Waals surface area contributed by atoms with Crippen molar-refractivity contribution < 1.29 is 42.9 Å². The fourth-order valence-corrected chi connectivity index (χ4v) is 7.64. The van der Waals surface area contributed by atoms with E-state index >= 15 is 4.39 Å². The molecule has 0 spiro atoms. The van der Waals surface area contributed by atoms with Crippen molar-refractivity contribution in [1.82, 2.24) is 25.8 Å². The molecule has 2 heterocycles. The fraction of sp³-hybridized carbons (Fsp3) is 0.545. The number of thiazole rings is 1. The lowest BCUT2D eigenvalue weighted by Gasteiger charge is -2.35. The van der Waals surface area contributed by atoms with Gasteiger partial charge in [-0.2, -0.15) is 0 Å². The highest BCUT2D eigenvalue weighted by Crippen LogP contribution is 2.29. The molecule has 60 heavy (non-hydrogen) atoms. The zero-order chi connectivity index (χ0) is 44.2. The molecule has 6 N–H and O–H groups in total. The van der Waals surface area contributed by atoms with Gasteiger partial charge in [0.2, 0.25) is 23.6 Å². The van der Waals surface area contributed by atoms with Crippen molar-refractivity contribution in [2.24, 2.45) is 11.1 Å². The van der Waals surface area contributed by atoms with Gasteiger partial charge in [0, 0.05) is 32.4 Å². The third-order valence-corrected chi connectivity index (χ3v) is 11.0. The number of hydrogen-bond acceptors (Lipinski definition) is 10. The summed E-state index contributed by atoms with van der Waals surface area (Å²) in [7, 11) is 0. The number of primary amides is 1. The van der Waals surface area contributed by atoms with Crippen LogP contribution in [0.15, 0.2) is 48.0 Å². The number of amides is 5. The summed E-state index contributed by atoms with van der Waals surface area (Å²) < 4.78 is 26.5. The van der Waals surface area contributed by atoms with Gasteiger partial charge in [-0.15, -0.1) is 11.3 Å². The predicted octanol–water partition coefficient (Wildman–Crippen LogP) is 5.71. The summed E-state index contributed by atoms with van der Waals surface area (Å²) >= 11 is 1.56. The highest BCUT2D eigenvalue weighted by Gasteiger charge is 2.44. The van der Waals surface area contributed by atoms with Crippen LogP contribution in [0.5, 0.6) is 5.75 Å². The number of carbonyl (C=O) groups excluding carboxylic acids is 5. The topological polar surface area (TPSA) is 202 Å². The molecule has 0 saturated carbocycles. The molecule has 1 aliphatic heterocycles. The van der Waals surface area contributed by atoms with Crippen molar-refractivity contribution in [3.05, 3.63) is 70.6 Å². The quantitative estimate of drug-likeness (QED) is 0.0938. The number of halogens is 1. The molecule has 0 radical (unpaired) electrons. The number of carbonyl (C=O) groups is 5. The monoisotopic (exact) mass is 852 g/mol. The summed E-state index contributed by atoms with van der Waals surface area (Å²) in [6.07, 6.45) is 0.876. The number of aliphatic hydroxyl groups is 1. The molecule has 5 amide bonds. The van der Waals surface area contributed by atoms with Gasteiger partial charge in [-0.1, -0.05) is 63.6 Å². The van der Waals surface area contributed by atoms with Gasteiger partial charge in [-0.25, -0.2) is 14.2 Å². The maximum absolute atomic E-state index is 15.5. The fourth-order valence-electron chi connectivity index (χ4n) is 6.83. The number of aliphatic hydroxyl groups excluding tert-OH is 1. The van der Waals surface area contributed by atoms with E-state index in [0.29, 0.717) is 31.2 Å². The Hall–Kier alpha value is -5.09. The number of benzene rings is 2. The number of nitrogens with two attached hydrogens (primary N) is 1. The number of alkyl carbamates (subject to hydrolysis) is 1. The Bertz CT molecular complexity index is 1940. The molecule has 1 aromatic heterocycles. The SMILES string of the molecule is Cc1ncsc1-c1ccc(CNC(=O)[C@@H]2C[C@@H](O)CN2C(=O)[C@@H](NC(=O)CCCCCc2cccc(OC[C@H](CCC(N)=O)NC(=O)OC(C)(C)C)c2F)C(C)(C)C)cc1. The molecule has 16 heteroatoms. The Morgan fingerprint density at radius 1 is 1.00 bits per heavy atom. The van der Waals surface area contributed by atoms with Crippen LogP contribution in [-0.4, -0.2) is 87.7 Å². The second-order valence-corrected chi connectivity index (χ2v) is 18.2. The van der Waals surface area contributed by atoms with Gasteiger partial charge in [0.05, 0.1) is 28.2 Å². The Balaban J connectivity index is 1.26. The molecule has 328 valence electrons. The van der Waals surface area contributed by atoms with E-state index in [1.165, 1.54) is 11.0 Å². The standard InChI is InChI=1S/C44H61FN6O8S/c1-27-38(60-26-48-27)30-18-16-28(17-19-30)23-47-40(55)33-22-32(52)24-51(33)41(56)39(43(2,3)4)50-36(54)15-10-8-9-12-29-13-11-14-34(37(29)45)58-25-31(20-21-35(46)53)49-42(57)59-44(5,6)7/h11,13-14,16-19,26,31-33,39,52H,8-10,12,15,20-25H2,1-7H3,(H2,46,53)(H,47,55)(H,49,57)(H,50,54)/t31-,32+,33-,39+/m0/s1. The van der Waals surface area contributed by atoms with Gasteiger partial charge in [0.25, 0.3) is 0 Å². The molecular weight excluding hydrogens is 792 g/mol. The maximum Gasteiger partial charge on any atom is 0.407 e. The number of aryl methyl sites for hydroxylation is 2. The van der Waals surface area contributed by atoms with Crippen LogP contribution >= 0.6 is 11.3 Å². The van der Waals surface area contributed by atoms with Crippen molar-refractivity contribution in [3.8, 4) is 16.2 Å². The Kier molecular flexibility index (Phi) is 17.0. The second-order valence-electron chi connectivity index (χ2n) is 17.4. The van der Waals surface area contributed by atoms with E-state index in [-0.39, 0.29) is 62.9 Å². The van der Waals surface area contributed by atoms with Gasteiger partial charge in [-0.3, -0.25) is 19.2 Å². The zero-order valence-corrected chi connectivity index (χ0v) is 36.6. The van der Waals surface area contributed by atoms with E-state index in [4.69, 9.17) is 15.2 Å². The lowest BCUT2D eigenvalue weighted by Crippen LogP contribution is -2.57. The third-order valence-electron chi connectivity index (χ3n) is 10.0. The molecule has 3 aromatic rings. The molecule has 0 aliphatic carbocycles. The molecule has 1 aliphatic rings. The van der Waals surface area contributed by atoms with Crippen LogP contribution in [0.3, 0.4) is 0 Å². The number of β-amino-alcohol motifs (C(OH)–C–C–N with tert-alkyl or cyclic N) is 1. The van der Waals surface area contributed by atoms with Crippen molar-refractivity contribution >= 4 is 41.1 Å². The number of nitrogens with zero attached hydrogens (tertiary/aromatic N) is 2. The van der Waals surface area contributed by atoms with E-state index in [9.17, 15) is 29.1 Å². The van der Waals surface area contributed by atoms with Crippen LogP contribution in [0.4, 0.5) is 9.18 Å². The average Bonchev–Trinajstić information content (AvgIpc) is 3.78. The molecule has 0 unspecified atom stereocenters. The number of ether oxygens (including phenoxy) is 2. The third kappa shape index (κ3) is 14.6. The smallest absolute Gasteiger partial charge is 0.407 e. The minimum Gasteiger partial charge on any atom is -0.488 e. The Morgan fingerprint density at radius 3 is 2.35 bits per heavy atom. The number of hydrogen-bond donors (Lipinski definition) is 5. The molecule has 4 atom stereocenters. The van der Waals surface area contributed by atoms with Gasteiger partial charge < -0.3 is 41.2 Å². The van der Waals surface area contributed by atoms with E-state index in [1.54, 1.807) is 49.8 Å². The van der Waals surface area contributed by atoms with Gasteiger partial charge in [-0.05, 0) is 81.5 Å². The van der Waals surface area contributed by atoms with Crippen molar-refractivity contribution in [1.29, 1.82) is 0 Å². The minimum absolute atomic E-state index is 0.00186. The van der Waals surface area contributed by atoms with Gasteiger partial charge >= 0.3 is 6.09 Å². The van der Waals surface area contributed by atoms with Crippen LogP contribution in [0.25, 0.3) is 10.4 Å². The zero-order valence-electron chi connectivity index (χ0n) is 35.8. The van der Waals surface area contributed by atoms with Crippen LogP contribution in [0.1, 0.15) is 103 Å². The summed E-state index contributed by atoms with van der Waals surface area (Å²) in [6, 6.07) is 10.1. The summed E-state index contributed by atoms with van der Waals surface area (Å²) in [5.74, 6) is -2.23. The number of rotatable bonds is 19. The first-order valence-electron chi connectivity index (χ1n) is 20.4. The molecule has 2 aromatic carbocycles. The first kappa shape index (κ1) is 47.6. The van der Waals surface area contributed by atoms with E-state index in [1.807, 2.05) is 52.0 Å². The summed E-state index contributed by atoms with van der Waals surface area (Å²) in [5.41, 5.74) is 8.97. The highest BCUT2D eigenvalue weighted by molar-refractivity contribution is 7.13. The Labute approximate surface area is 356 Å². The number of unbranched alkanes of at least 4 members (excludes halogenated alkanes) is 2. The Morgan fingerprint density at radius 2 is 1.72 bits per heavy atom. The van der Waals surface area contributed by atoms with Crippen LogP contribution in [0.2, 0.25) is 0 Å². The molecule has 0 bridgehead atoms. The summed E-state index contributed by atoms with van der Waals surface area (Å²) in [4.78, 5) is 71.1. The lowest BCUT2D eigenvalue weighted by molar-refractivity contribution is -0.144. The predicted molar refractivity (Wildman–Crippen MR) is 227 cm³/mol. The van der Waals surface area contributed by atoms with Crippen LogP contribution in [0, 0.1) is 18.2 Å². The van der Waals surface area contributed by atoms with E-state index in [0.717, 1.165) is 21.7 Å². The second kappa shape index (κ2) is 21.4. The van der Waals surface area contributed by atoms with Crippen molar-refractivity contribution in [2.75, 3.05) is 13.2 Å².